The van der Waals surface area contributed by atoms with Crippen molar-refractivity contribution in [1.82, 2.24) is 0 Å². The van der Waals surface area contributed by atoms with Crippen LogP contribution in [0.4, 0.5) is 0 Å². The summed E-state index contributed by atoms with van der Waals surface area (Å²) in [6.07, 6.45) is 5.43. The number of hydrogen-bond acceptors (Lipinski definition) is 3. The van der Waals surface area contributed by atoms with Gasteiger partial charge in [-0.25, -0.2) is 4.79 Å². The van der Waals surface area contributed by atoms with E-state index in [2.05, 4.69) is 25.1 Å². The molecular formula is C33H28ClNO3. The minimum absolute atomic E-state index is 0.289. The third kappa shape index (κ3) is 4.90. The number of rotatable bonds is 7. The highest BCUT2D eigenvalue weighted by molar-refractivity contribution is 6.33. The number of carboxylic acid groups (broad SMARTS) is 1. The molecule has 2 unspecified atom stereocenters. The smallest absolute Gasteiger partial charge is 0.328 e. The third-order valence-corrected chi connectivity index (χ3v) is 7.80. The molecule has 1 saturated carbocycles. The zero-order valence-corrected chi connectivity index (χ0v) is 22.1. The van der Waals surface area contributed by atoms with Crippen LogP contribution in [0.15, 0.2) is 78.4 Å². The predicted octanol–water partition coefficient (Wildman–Crippen LogP) is 7.94. The lowest BCUT2D eigenvalue weighted by Crippen LogP contribution is -2.02. The van der Waals surface area contributed by atoms with Crippen LogP contribution >= 0.6 is 11.6 Å². The standard InChI is InChI=1S/C33H28ClNO3/c1-3-25(27-14-13-24(38-2)18-30(27)34)32(21-11-8-20(9-12-21)10-15-31(36)37)33-28-17-23(28)16-22-6-4-5-7-26(22)29(33)19-35/h4-15,18,23,28H,3,16-17H2,1-2H3,(H,36,37)/b15-10+,32-25+. The van der Waals surface area contributed by atoms with Gasteiger partial charge in [-0.2, -0.15) is 5.26 Å². The van der Waals surface area contributed by atoms with Crippen LogP contribution in [0.2, 0.25) is 5.02 Å². The van der Waals surface area contributed by atoms with Crippen molar-refractivity contribution in [3.05, 3.63) is 111 Å². The number of carboxylic acids is 1. The number of carbonyl (C=O) groups is 1. The second-order valence-corrected chi connectivity index (χ2v) is 10.1. The van der Waals surface area contributed by atoms with Gasteiger partial charge in [-0.05, 0) is 99.9 Å². The average Bonchev–Trinajstić information content (AvgIpc) is 3.70. The minimum atomic E-state index is -0.988. The fourth-order valence-electron chi connectivity index (χ4n) is 5.60. The molecule has 190 valence electrons. The molecule has 3 aromatic rings. The number of allylic oxidation sites excluding steroid dienone is 4. The van der Waals surface area contributed by atoms with E-state index in [4.69, 9.17) is 21.4 Å². The first-order chi connectivity index (χ1) is 18.4. The topological polar surface area (TPSA) is 70.3 Å². The second-order valence-electron chi connectivity index (χ2n) is 9.71. The van der Waals surface area contributed by atoms with Gasteiger partial charge in [-0.1, -0.05) is 67.1 Å². The Hall–Kier alpha value is -4.07. The first kappa shape index (κ1) is 25.6. The largest absolute Gasteiger partial charge is 0.497 e. The summed E-state index contributed by atoms with van der Waals surface area (Å²) in [5.74, 6) is 0.483. The van der Waals surface area contributed by atoms with Gasteiger partial charge in [0.2, 0.25) is 0 Å². The Bertz CT molecular complexity index is 1540. The lowest BCUT2D eigenvalue weighted by Gasteiger charge is -2.21. The van der Waals surface area contributed by atoms with Crippen molar-refractivity contribution in [2.75, 3.05) is 7.11 Å². The predicted molar refractivity (Wildman–Crippen MR) is 152 cm³/mol. The molecule has 1 fully saturated rings. The van der Waals surface area contributed by atoms with Crippen LogP contribution in [0.1, 0.15) is 47.6 Å². The fraction of sp³-hybridized carbons (Fsp3) is 0.212. The van der Waals surface area contributed by atoms with Crippen LogP contribution in [0.3, 0.4) is 0 Å². The maximum atomic E-state index is 11.0. The number of halogens is 1. The van der Waals surface area contributed by atoms with Gasteiger partial charge in [0.25, 0.3) is 0 Å². The van der Waals surface area contributed by atoms with Gasteiger partial charge in [-0.15, -0.1) is 0 Å². The zero-order valence-electron chi connectivity index (χ0n) is 21.4. The summed E-state index contributed by atoms with van der Waals surface area (Å²) in [4.78, 5) is 11.0. The van der Waals surface area contributed by atoms with E-state index in [1.165, 1.54) is 5.56 Å². The zero-order chi connectivity index (χ0) is 26.8. The number of aliphatic carboxylic acids is 1. The van der Waals surface area contributed by atoms with Crippen molar-refractivity contribution in [2.45, 2.75) is 26.2 Å². The Kier molecular flexibility index (Phi) is 7.22. The fourth-order valence-corrected chi connectivity index (χ4v) is 5.89. The van der Waals surface area contributed by atoms with E-state index in [1.807, 2.05) is 54.6 Å². The van der Waals surface area contributed by atoms with Crippen molar-refractivity contribution < 1.29 is 14.6 Å². The third-order valence-electron chi connectivity index (χ3n) is 7.49. The molecule has 2 aliphatic carbocycles. The van der Waals surface area contributed by atoms with Crippen LogP contribution in [0.5, 0.6) is 5.75 Å². The van der Waals surface area contributed by atoms with Gasteiger partial charge in [0.15, 0.2) is 0 Å². The van der Waals surface area contributed by atoms with Crippen molar-refractivity contribution in [3.8, 4) is 11.8 Å². The molecule has 1 N–H and O–H groups in total. The minimum Gasteiger partial charge on any atom is -0.497 e. The molecular weight excluding hydrogens is 494 g/mol. The van der Waals surface area contributed by atoms with Crippen LogP contribution in [0.25, 0.3) is 22.8 Å². The molecule has 5 rings (SSSR count). The van der Waals surface area contributed by atoms with Gasteiger partial charge >= 0.3 is 5.97 Å². The van der Waals surface area contributed by atoms with Crippen molar-refractivity contribution in [2.24, 2.45) is 11.8 Å². The maximum absolute atomic E-state index is 11.0. The SMILES string of the molecule is CC/C(=C(\C1=C(C#N)c2ccccc2CC2CC12)c1ccc(/C=C/C(=O)O)cc1)c1ccc(OC)cc1Cl. The van der Waals surface area contributed by atoms with Gasteiger partial charge in [-0.3, -0.25) is 0 Å². The van der Waals surface area contributed by atoms with Crippen LogP contribution in [-0.2, 0) is 11.2 Å². The molecule has 2 aliphatic rings. The first-order valence-corrected chi connectivity index (χ1v) is 13.1. The maximum Gasteiger partial charge on any atom is 0.328 e. The molecule has 0 saturated heterocycles. The summed E-state index contributed by atoms with van der Waals surface area (Å²) in [6.45, 7) is 2.11. The van der Waals surface area contributed by atoms with Gasteiger partial charge in [0.1, 0.15) is 11.8 Å². The monoisotopic (exact) mass is 521 g/mol. The summed E-state index contributed by atoms with van der Waals surface area (Å²) in [5.41, 5.74) is 8.83. The highest BCUT2D eigenvalue weighted by Gasteiger charge is 2.45. The number of benzene rings is 3. The molecule has 2 atom stereocenters. The van der Waals surface area contributed by atoms with Gasteiger partial charge in [0.05, 0.1) is 17.7 Å². The number of nitriles is 1. The summed E-state index contributed by atoms with van der Waals surface area (Å²) in [6, 6.07) is 24.4. The molecule has 0 aliphatic heterocycles. The quantitative estimate of drug-likeness (QED) is 0.253. The number of methoxy groups -OCH3 is 1. The van der Waals surface area contributed by atoms with Crippen molar-refractivity contribution in [3.63, 3.8) is 0 Å². The highest BCUT2D eigenvalue weighted by atomic mass is 35.5. The van der Waals surface area contributed by atoms with Gasteiger partial charge < -0.3 is 9.84 Å². The molecule has 4 nitrogen and oxygen atoms in total. The molecule has 0 radical (unpaired) electrons. The van der Waals surface area contributed by atoms with E-state index >= 15 is 0 Å². The number of ether oxygens (including phenoxy) is 1. The van der Waals surface area contributed by atoms with Crippen LogP contribution in [0, 0.1) is 23.2 Å². The molecule has 0 bridgehead atoms. The molecule has 0 heterocycles. The number of fused-ring (bicyclic) bond motifs is 2. The number of nitrogens with zero attached hydrogens (tertiary/aromatic N) is 1. The second kappa shape index (κ2) is 10.7. The highest BCUT2D eigenvalue weighted by Crippen LogP contribution is 2.56. The molecule has 5 heteroatoms. The first-order valence-electron chi connectivity index (χ1n) is 12.8. The average molecular weight is 522 g/mol. The Balaban J connectivity index is 1.80. The molecule has 0 spiro atoms. The van der Waals surface area contributed by atoms with Crippen LogP contribution < -0.4 is 4.74 Å². The van der Waals surface area contributed by atoms with E-state index < -0.39 is 5.97 Å². The lowest BCUT2D eigenvalue weighted by molar-refractivity contribution is -0.131. The molecule has 0 aromatic heterocycles. The Labute approximate surface area is 228 Å². The van der Waals surface area contributed by atoms with Crippen molar-refractivity contribution >= 4 is 40.4 Å². The Morgan fingerprint density at radius 1 is 1.16 bits per heavy atom. The molecule has 38 heavy (non-hydrogen) atoms. The van der Waals surface area contributed by atoms with Crippen molar-refractivity contribution in [1.29, 1.82) is 5.26 Å². The summed E-state index contributed by atoms with van der Waals surface area (Å²) >= 11 is 6.82. The molecule has 3 aromatic carbocycles. The Morgan fingerprint density at radius 2 is 1.92 bits per heavy atom. The van der Waals surface area contributed by atoms with E-state index in [0.717, 1.165) is 63.5 Å². The van der Waals surface area contributed by atoms with E-state index in [9.17, 15) is 10.1 Å². The van der Waals surface area contributed by atoms with E-state index in [1.54, 1.807) is 13.2 Å². The van der Waals surface area contributed by atoms with E-state index in [-0.39, 0.29) is 5.92 Å². The summed E-state index contributed by atoms with van der Waals surface area (Å²) in [5, 5.41) is 20.2. The Morgan fingerprint density at radius 3 is 2.58 bits per heavy atom. The molecule has 0 amide bonds. The lowest BCUT2D eigenvalue weighted by atomic mass is 9.82. The van der Waals surface area contributed by atoms with Crippen LogP contribution in [-0.4, -0.2) is 18.2 Å². The summed E-state index contributed by atoms with van der Waals surface area (Å²) < 4.78 is 5.39. The summed E-state index contributed by atoms with van der Waals surface area (Å²) in [7, 11) is 1.62. The van der Waals surface area contributed by atoms with Gasteiger partial charge in [0, 0.05) is 6.08 Å². The normalized spacial score (nSPS) is 18.7. The number of hydrogen-bond donors (Lipinski definition) is 1. The van der Waals surface area contributed by atoms with E-state index in [0.29, 0.717) is 23.1 Å².